The maximum absolute atomic E-state index is 12.2. The van der Waals surface area contributed by atoms with Crippen LogP contribution in [0.15, 0.2) is 30.3 Å². The van der Waals surface area contributed by atoms with Gasteiger partial charge in [-0.2, -0.15) is 13.2 Å². The van der Waals surface area contributed by atoms with Crippen molar-refractivity contribution in [1.29, 1.82) is 0 Å². The van der Waals surface area contributed by atoms with Crippen molar-refractivity contribution < 1.29 is 27.5 Å². The largest absolute Gasteiger partial charge is 0.439 e. The SMILES string of the molecule is C[C@@H]1[C@H](c2ccccc2)OC(=O)N1C(=O)CCC(F)(F)F. The molecule has 2 rings (SSSR count). The number of carbonyl (C=O) groups excluding carboxylic acids is 2. The first-order chi connectivity index (χ1) is 9.79. The molecule has 0 spiro atoms. The normalized spacial score (nSPS) is 22.3. The Labute approximate surface area is 119 Å². The summed E-state index contributed by atoms with van der Waals surface area (Å²) in [5.41, 5.74) is 0.699. The highest BCUT2D eigenvalue weighted by molar-refractivity contribution is 5.93. The quantitative estimate of drug-likeness (QED) is 0.859. The molecule has 0 aliphatic carbocycles. The summed E-state index contributed by atoms with van der Waals surface area (Å²) in [6.07, 6.45) is -8.00. The first kappa shape index (κ1) is 15.3. The maximum atomic E-state index is 12.2. The molecule has 0 unspecified atom stereocenters. The highest BCUT2D eigenvalue weighted by atomic mass is 19.4. The molecule has 1 aliphatic heterocycles. The van der Waals surface area contributed by atoms with Gasteiger partial charge in [-0.1, -0.05) is 30.3 Å². The second kappa shape index (κ2) is 5.75. The molecule has 0 aromatic heterocycles. The molecule has 0 N–H and O–H groups in total. The summed E-state index contributed by atoms with van der Waals surface area (Å²) < 4.78 is 41.6. The molecule has 7 heteroatoms. The minimum absolute atomic E-state index is 0.638. The molecular weight excluding hydrogens is 287 g/mol. The first-order valence-corrected chi connectivity index (χ1v) is 6.44. The van der Waals surface area contributed by atoms with Gasteiger partial charge in [-0.25, -0.2) is 9.69 Å². The Bertz CT molecular complexity index is 530. The molecule has 2 amide bonds. The van der Waals surface area contributed by atoms with Gasteiger partial charge >= 0.3 is 12.3 Å². The summed E-state index contributed by atoms with van der Waals surface area (Å²) in [6.45, 7) is 1.58. The highest BCUT2D eigenvalue weighted by Gasteiger charge is 2.43. The zero-order valence-corrected chi connectivity index (χ0v) is 11.3. The first-order valence-electron chi connectivity index (χ1n) is 6.44. The molecular formula is C14H14F3NO3. The van der Waals surface area contributed by atoms with Crippen LogP contribution in [-0.4, -0.2) is 29.1 Å². The molecule has 1 aliphatic rings. The van der Waals surface area contributed by atoms with Gasteiger partial charge in [0.1, 0.15) is 6.10 Å². The number of hydrogen-bond donors (Lipinski definition) is 0. The van der Waals surface area contributed by atoms with Crippen molar-refractivity contribution in [2.75, 3.05) is 0 Å². The Morgan fingerprint density at radius 2 is 1.90 bits per heavy atom. The lowest BCUT2D eigenvalue weighted by Crippen LogP contribution is -2.38. The van der Waals surface area contributed by atoms with Gasteiger partial charge in [-0.3, -0.25) is 4.79 Å². The summed E-state index contributed by atoms with van der Waals surface area (Å²) >= 11 is 0. The van der Waals surface area contributed by atoms with E-state index in [0.29, 0.717) is 5.56 Å². The van der Waals surface area contributed by atoms with E-state index in [1.807, 2.05) is 0 Å². The molecule has 4 nitrogen and oxygen atoms in total. The summed E-state index contributed by atoms with van der Waals surface area (Å²) in [4.78, 5) is 24.3. The second-order valence-corrected chi connectivity index (χ2v) is 4.83. The molecule has 1 fully saturated rings. The standard InChI is InChI=1S/C14H14F3NO3/c1-9-12(10-5-3-2-4-6-10)21-13(20)18(9)11(19)7-8-14(15,16)17/h2-6,9,12H,7-8H2,1H3/t9-,12-/m1/s1. The van der Waals surface area contributed by atoms with Gasteiger partial charge in [0.15, 0.2) is 0 Å². The van der Waals surface area contributed by atoms with E-state index in [2.05, 4.69) is 0 Å². The molecule has 1 aromatic carbocycles. The summed E-state index contributed by atoms with van der Waals surface area (Å²) in [7, 11) is 0. The number of carbonyl (C=O) groups is 2. The average Bonchev–Trinajstić information content (AvgIpc) is 2.72. The predicted octanol–water partition coefficient (Wildman–Crippen LogP) is 3.44. The maximum Gasteiger partial charge on any atom is 0.417 e. The van der Waals surface area contributed by atoms with Gasteiger partial charge in [0.05, 0.1) is 12.5 Å². The minimum Gasteiger partial charge on any atom is -0.439 e. The van der Waals surface area contributed by atoms with Gasteiger partial charge in [-0.05, 0) is 12.5 Å². The third-order valence-electron chi connectivity index (χ3n) is 3.29. The van der Waals surface area contributed by atoms with Crippen LogP contribution in [0.3, 0.4) is 0 Å². The molecule has 0 radical (unpaired) electrons. The van der Waals surface area contributed by atoms with Crippen LogP contribution in [0.25, 0.3) is 0 Å². The average molecular weight is 301 g/mol. The van der Waals surface area contributed by atoms with Gasteiger partial charge in [0.25, 0.3) is 0 Å². The molecule has 1 heterocycles. The molecule has 1 aromatic rings. The summed E-state index contributed by atoms with van der Waals surface area (Å²) in [5, 5.41) is 0. The Hall–Kier alpha value is -2.05. The fourth-order valence-electron chi connectivity index (χ4n) is 2.25. The van der Waals surface area contributed by atoms with Crippen molar-refractivity contribution in [2.24, 2.45) is 0 Å². The van der Waals surface area contributed by atoms with Crippen molar-refractivity contribution in [3.05, 3.63) is 35.9 Å². The molecule has 0 saturated carbocycles. The number of hydrogen-bond acceptors (Lipinski definition) is 3. The van der Waals surface area contributed by atoms with E-state index in [0.717, 1.165) is 4.90 Å². The Kier molecular flexibility index (Phi) is 4.20. The van der Waals surface area contributed by atoms with Crippen LogP contribution in [0.4, 0.5) is 18.0 Å². The smallest absolute Gasteiger partial charge is 0.417 e. The van der Waals surface area contributed by atoms with Crippen LogP contribution in [0, 0.1) is 0 Å². The Morgan fingerprint density at radius 3 is 2.48 bits per heavy atom. The highest BCUT2D eigenvalue weighted by Crippen LogP contribution is 2.33. The van der Waals surface area contributed by atoms with Crippen LogP contribution in [0.5, 0.6) is 0 Å². The van der Waals surface area contributed by atoms with E-state index in [1.54, 1.807) is 37.3 Å². The van der Waals surface area contributed by atoms with E-state index in [9.17, 15) is 22.8 Å². The number of rotatable bonds is 3. The minimum atomic E-state index is -4.43. The third-order valence-corrected chi connectivity index (χ3v) is 3.29. The van der Waals surface area contributed by atoms with Crippen LogP contribution < -0.4 is 0 Å². The van der Waals surface area contributed by atoms with Crippen LogP contribution in [0.1, 0.15) is 31.4 Å². The fraction of sp³-hybridized carbons (Fsp3) is 0.429. The number of halogens is 3. The number of ether oxygens (including phenoxy) is 1. The Morgan fingerprint density at radius 1 is 1.29 bits per heavy atom. The van der Waals surface area contributed by atoms with E-state index in [-0.39, 0.29) is 0 Å². The number of benzene rings is 1. The lowest BCUT2D eigenvalue weighted by Gasteiger charge is -2.19. The van der Waals surface area contributed by atoms with Crippen LogP contribution >= 0.6 is 0 Å². The van der Waals surface area contributed by atoms with E-state index in [4.69, 9.17) is 4.74 Å². The summed E-state index contributed by atoms with van der Waals surface area (Å²) in [5.74, 6) is -0.872. The van der Waals surface area contributed by atoms with Crippen molar-refractivity contribution in [1.82, 2.24) is 4.90 Å². The monoisotopic (exact) mass is 301 g/mol. The second-order valence-electron chi connectivity index (χ2n) is 4.83. The number of amides is 2. The van der Waals surface area contributed by atoms with Crippen molar-refractivity contribution in [2.45, 2.75) is 38.1 Å². The topological polar surface area (TPSA) is 46.6 Å². The van der Waals surface area contributed by atoms with Crippen molar-refractivity contribution >= 4 is 12.0 Å². The van der Waals surface area contributed by atoms with Gasteiger partial charge in [0.2, 0.25) is 5.91 Å². The number of cyclic esters (lactones) is 1. The molecule has 0 bridgehead atoms. The fourth-order valence-corrected chi connectivity index (χ4v) is 2.25. The van der Waals surface area contributed by atoms with Crippen molar-refractivity contribution in [3.8, 4) is 0 Å². The zero-order chi connectivity index (χ0) is 15.6. The van der Waals surface area contributed by atoms with Crippen LogP contribution in [0.2, 0.25) is 0 Å². The lowest BCUT2D eigenvalue weighted by atomic mass is 10.0. The number of imide groups is 1. The van der Waals surface area contributed by atoms with Crippen LogP contribution in [-0.2, 0) is 9.53 Å². The summed E-state index contributed by atoms with van der Waals surface area (Å²) in [6, 6.07) is 8.13. The molecule has 1 saturated heterocycles. The van der Waals surface area contributed by atoms with Gasteiger partial charge in [-0.15, -0.1) is 0 Å². The molecule has 21 heavy (non-hydrogen) atoms. The molecule has 114 valence electrons. The molecule has 2 atom stereocenters. The van der Waals surface area contributed by atoms with Crippen molar-refractivity contribution in [3.63, 3.8) is 0 Å². The number of alkyl halides is 3. The van der Waals surface area contributed by atoms with E-state index >= 15 is 0 Å². The van der Waals surface area contributed by atoms with Gasteiger partial charge in [0, 0.05) is 6.42 Å². The predicted molar refractivity (Wildman–Crippen MR) is 67.3 cm³/mol. The van der Waals surface area contributed by atoms with Gasteiger partial charge < -0.3 is 4.74 Å². The zero-order valence-electron chi connectivity index (χ0n) is 11.3. The number of nitrogens with zero attached hydrogens (tertiary/aromatic N) is 1. The van der Waals surface area contributed by atoms with E-state index < -0.39 is 43.2 Å². The third kappa shape index (κ3) is 3.53. The Balaban J connectivity index is 2.08. The van der Waals surface area contributed by atoms with E-state index in [1.165, 1.54) is 0 Å². The lowest BCUT2D eigenvalue weighted by molar-refractivity contribution is -0.148.